The van der Waals surface area contributed by atoms with Gasteiger partial charge in [0.15, 0.2) is 0 Å². The van der Waals surface area contributed by atoms with E-state index in [1.165, 1.54) is 0 Å². The molecule has 29 heavy (non-hydrogen) atoms. The van der Waals surface area contributed by atoms with Crippen LogP contribution in [0.4, 0.5) is 0 Å². The Morgan fingerprint density at radius 2 is 1.86 bits per heavy atom. The van der Waals surface area contributed by atoms with Crippen LogP contribution in [0.3, 0.4) is 0 Å². The summed E-state index contributed by atoms with van der Waals surface area (Å²) in [7, 11) is 0. The second-order valence-corrected chi connectivity index (χ2v) is 8.93. The monoisotopic (exact) mass is 411 g/mol. The molecule has 5 nitrogen and oxygen atoms in total. The van der Waals surface area contributed by atoms with Gasteiger partial charge in [0.1, 0.15) is 18.2 Å². The summed E-state index contributed by atoms with van der Waals surface area (Å²) in [5, 5.41) is 0.689. The van der Waals surface area contributed by atoms with Gasteiger partial charge in [-0.15, -0.1) is 0 Å². The molecule has 1 amide bonds. The number of halogens is 1. The van der Waals surface area contributed by atoms with Crippen LogP contribution in [0.2, 0.25) is 5.02 Å². The number of carbonyl (C=O) groups excluding carboxylic acids is 1. The minimum atomic E-state index is -0.180. The number of aromatic nitrogens is 2. The van der Waals surface area contributed by atoms with Gasteiger partial charge in [0.25, 0.3) is 0 Å². The Morgan fingerprint density at radius 3 is 2.55 bits per heavy atom. The average Bonchev–Trinajstić information content (AvgIpc) is 3.24. The van der Waals surface area contributed by atoms with Crippen molar-refractivity contribution in [1.82, 2.24) is 14.5 Å². The predicted octanol–water partition coefficient (Wildman–Crippen LogP) is 4.88. The van der Waals surface area contributed by atoms with E-state index in [0.717, 1.165) is 22.6 Å². The molecule has 0 saturated carbocycles. The number of ether oxygens (including phenoxy) is 1. The lowest BCUT2D eigenvalue weighted by molar-refractivity contribution is -0.131. The summed E-state index contributed by atoms with van der Waals surface area (Å²) in [4.78, 5) is 19.5. The Hall–Kier alpha value is -2.53. The maximum atomic E-state index is 12.6. The smallest absolute Gasteiger partial charge is 0.223 e. The molecule has 1 aromatic heterocycles. The minimum absolute atomic E-state index is 0.0876. The van der Waals surface area contributed by atoms with E-state index in [9.17, 15) is 4.79 Å². The second kappa shape index (κ2) is 7.71. The summed E-state index contributed by atoms with van der Waals surface area (Å²) in [6.45, 7) is 8.11. The standard InChI is InChI=1S/C23H26ClN3O2/c1-23(2,3)27-15-16(14-21(27)28)22-25-19-6-4-5-7-20(19)26(22)12-13-29-18-10-8-17(24)9-11-18/h4-11,16H,12-15H2,1-3H3. The van der Waals surface area contributed by atoms with Gasteiger partial charge in [-0.1, -0.05) is 23.7 Å². The fourth-order valence-electron chi connectivity index (χ4n) is 3.96. The highest BCUT2D eigenvalue weighted by Crippen LogP contribution is 2.33. The molecule has 1 aliphatic heterocycles. The van der Waals surface area contributed by atoms with E-state index >= 15 is 0 Å². The van der Waals surface area contributed by atoms with Gasteiger partial charge in [0.05, 0.1) is 17.6 Å². The SMILES string of the molecule is CC(C)(C)N1CC(c2nc3ccccc3n2CCOc2ccc(Cl)cc2)CC1=O. The number of rotatable bonds is 5. The lowest BCUT2D eigenvalue weighted by Crippen LogP contribution is -2.42. The summed E-state index contributed by atoms with van der Waals surface area (Å²) in [5.74, 6) is 2.03. The molecule has 1 unspecified atom stereocenters. The molecule has 1 aliphatic rings. The molecular weight excluding hydrogens is 386 g/mol. The van der Waals surface area contributed by atoms with E-state index in [1.54, 1.807) is 0 Å². The molecule has 152 valence electrons. The van der Waals surface area contributed by atoms with Gasteiger partial charge in [-0.3, -0.25) is 4.79 Å². The number of amides is 1. The molecule has 0 spiro atoms. The van der Waals surface area contributed by atoms with E-state index in [4.69, 9.17) is 21.3 Å². The van der Waals surface area contributed by atoms with Gasteiger partial charge in [0, 0.05) is 29.4 Å². The number of hydrogen-bond donors (Lipinski definition) is 0. The van der Waals surface area contributed by atoms with Crippen molar-refractivity contribution in [3.05, 3.63) is 59.4 Å². The minimum Gasteiger partial charge on any atom is -0.492 e. The molecule has 0 radical (unpaired) electrons. The van der Waals surface area contributed by atoms with Crippen molar-refractivity contribution in [2.45, 2.75) is 45.2 Å². The molecule has 2 aromatic carbocycles. The number of likely N-dealkylation sites (tertiary alicyclic amines) is 1. The van der Waals surface area contributed by atoms with Crippen LogP contribution >= 0.6 is 11.6 Å². The Bertz CT molecular complexity index is 1020. The van der Waals surface area contributed by atoms with Gasteiger partial charge >= 0.3 is 0 Å². The second-order valence-electron chi connectivity index (χ2n) is 8.49. The molecule has 0 bridgehead atoms. The number of carbonyl (C=O) groups is 1. The summed E-state index contributed by atoms with van der Waals surface area (Å²) in [6, 6.07) is 15.5. The van der Waals surface area contributed by atoms with Crippen LogP contribution in [0.1, 0.15) is 38.9 Å². The molecule has 0 N–H and O–H groups in total. The van der Waals surface area contributed by atoms with Crippen LogP contribution in [0.5, 0.6) is 5.75 Å². The highest BCUT2D eigenvalue weighted by atomic mass is 35.5. The van der Waals surface area contributed by atoms with Crippen LogP contribution in [0.25, 0.3) is 11.0 Å². The topological polar surface area (TPSA) is 47.4 Å². The number of hydrogen-bond acceptors (Lipinski definition) is 3. The van der Waals surface area contributed by atoms with Gasteiger partial charge < -0.3 is 14.2 Å². The van der Waals surface area contributed by atoms with Gasteiger partial charge in [-0.25, -0.2) is 4.98 Å². The zero-order chi connectivity index (χ0) is 20.6. The average molecular weight is 412 g/mol. The number of fused-ring (bicyclic) bond motifs is 1. The molecule has 6 heteroatoms. The first kappa shape index (κ1) is 19.8. The lowest BCUT2D eigenvalue weighted by Gasteiger charge is -2.32. The van der Waals surface area contributed by atoms with Crippen LogP contribution in [0, 0.1) is 0 Å². The normalized spacial score (nSPS) is 17.3. The van der Waals surface area contributed by atoms with Crippen molar-refractivity contribution in [3.63, 3.8) is 0 Å². The highest BCUT2D eigenvalue weighted by molar-refractivity contribution is 6.30. The van der Waals surface area contributed by atoms with E-state index in [0.29, 0.717) is 31.1 Å². The summed E-state index contributed by atoms with van der Waals surface area (Å²) < 4.78 is 8.12. The molecular formula is C23H26ClN3O2. The zero-order valence-corrected chi connectivity index (χ0v) is 17.8. The zero-order valence-electron chi connectivity index (χ0n) is 17.1. The van der Waals surface area contributed by atoms with Gasteiger partial charge in [-0.05, 0) is 57.2 Å². The lowest BCUT2D eigenvalue weighted by atomic mass is 10.1. The van der Waals surface area contributed by atoms with Gasteiger partial charge in [-0.2, -0.15) is 0 Å². The van der Waals surface area contributed by atoms with Crippen LogP contribution < -0.4 is 4.74 Å². The Balaban J connectivity index is 1.58. The Labute approximate surface area is 176 Å². The van der Waals surface area contributed by atoms with Crippen molar-refractivity contribution in [3.8, 4) is 5.75 Å². The van der Waals surface area contributed by atoms with E-state index in [2.05, 4.69) is 31.4 Å². The number of imidazole rings is 1. The van der Waals surface area contributed by atoms with Crippen LogP contribution in [-0.4, -0.2) is 39.0 Å². The first-order valence-electron chi connectivity index (χ1n) is 9.97. The van der Waals surface area contributed by atoms with Crippen LogP contribution in [-0.2, 0) is 11.3 Å². The van der Waals surface area contributed by atoms with E-state index in [-0.39, 0.29) is 17.4 Å². The third-order valence-electron chi connectivity index (χ3n) is 5.38. The predicted molar refractivity (Wildman–Crippen MR) is 116 cm³/mol. The molecule has 3 aromatic rings. The Kier molecular flexibility index (Phi) is 5.26. The van der Waals surface area contributed by atoms with Crippen LogP contribution in [0.15, 0.2) is 48.5 Å². The quantitative estimate of drug-likeness (QED) is 0.601. The first-order chi connectivity index (χ1) is 13.8. The largest absolute Gasteiger partial charge is 0.492 e. The fourth-order valence-corrected chi connectivity index (χ4v) is 4.08. The fraction of sp³-hybridized carbons (Fsp3) is 0.391. The van der Waals surface area contributed by atoms with Crippen molar-refractivity contribution in [2.75, 3.05) is 13.2 Å². The number of nitrogens with zero attached hydrogens (tertiary/aromatic N) is 3. The summed E-state index contributed by atoms with van der Waals surface area (Å²) in [6.07, 6.45) is 0.499. The van der Waals surface area contributed by atoms with Crippen molar-refractivity contribution in [1.29, 1.82) is 0 Å². The Morgan fingerprint density at radius 1 is 1.14 bits per heavy atom. The maximum absolute atomic E-state index is 12.6. The molecule has 2 heterocycles. The van der Waals surface area contributed by atoms with Crippen molar-refractivity contribution in [2.24, 2.45) is 0 Å². The molecule has 1 atom stereocenters. The van der Waals surface area contributed by atoms with Gasteiger partial charge in [0.2, 0.25) is 5.91 Å². The third kappa shape index (κ3) is 4.10. The molecule has 1 saturated heterocycles. The molecule has 1 fully saturated rings. The van der Waals surface area contributed by atoms with Crippen molar-refractivity contribution >= 4 is 28.5 Å². The summed E-state index contributed by atoms with van der Waals surface area (Å²) in [5.41, 5.74) is 1.85. The first-order valence-corrected chi connectivity index (χ1v) is 10.3. The highest BCUT2D eigenvalue weighted by Gasteiger charge is 2.38. The maximum Gasteiger partial charge on any atom is 0.223 e. The third-order valence-corrected chi connectivity index (χ3v) is 5.63. The number of para-hydroxylation sites is 2. The van der Waals surface area contributed by atoms with Crippen molar-refractivity contribution < 1.29 is 9.53 Å². The van der Waals surface area contributed by atoms with E-state index in [1.807, 2.05) is 47.4 Å². The molecule has 4 rings (SSSR count). The number of benzene rings is 2. The van der Waals surface area contributed by atoms with E-state index < -0.39 is 0 Å². The summed E-state index contributed by atoms with van der Waals surface area (Å²) >= 11 is 5.94. The molecule has 0 aliphatic carbocycles.